The fraction of sp³-hybridized carbons (Fsp3) is 0.200. The number of nitrogens with one attached hydrogen (secondary N) is 1. The number of thioether (sulfide) groups is 1. The summed E-state index contributed by atoms with van der Waals surface area (Å²) >= 11 is 3.30. The molecule has 0 aliphatic rings. The van der Waals surface area contributed by atoms with Crippen LogP contribution in [-0.4, -0.2) is 10.9 Å². The molecule has 128 valence electrons. The van der Waals surface area contributed by atoms with E-state index in [4.69, 9.17) is 0 Å². The molecule has 0 unspecified atom stereocenters. The monoisotopic (exact) mass is 368 g/mol. The molecule has 0 saturated carbocycles. The molecule has 0 radical (unpaired) electrons. The van der Waals surface area contributed by atoms with Crippen molar-refractivity contribution in [2.24, 2.45) is 0 Å². The van der Waals surface area contributed by atoms with Gasteiger partial charge in [-0.3, -0.25) is 4.79 Å². The molecule has 1 N–H and O–H groups in total. The van der Waals surface area contributed by atoms with E-state index in [2.05, 4.69) is 16.4 Å². The van der Waals surface area contributed by atoms with Crippen LogP contribution in [0.4, 0.5) is 5.69 Å². The molecule has 0 fully saturated rings. The van der Waals surface area contributed by atoms with E-state index < -0.39 is 0 Å². The Morgan fingerprint density at radius 3 is 2.68 bits per heavy atom. The van der Waals surface area contributed by atoms with Crippen molar-refractivity contribution in [1.82, 2.24) is 4.98 Å². The van der Waals surface area contributed by atoms with Gasteiger partial charge in [0.2, 0.25) is 0 Å². The third-order valence-electron chi connectivity index (χ3n) is 3.84. The van der Waals surface area contributed by atoms with Crippen LogP contribution >= 0.6 is 23.1 Å². The molecule has 3 aromatic rings. The van der Waals surface area contributed by atoms with Gasteiger partial charge in [0, 0.05) is 28.1 Å². The highest BCUT2D eigenvalue weighted by Crippen LogP contribution is 2.27. The molecule has 0 bridgehead atoms. The summed E-state index contributed by atoms with van der Waals surface area (Å²) in [4.78, 5) is 17.2. The zero-order chi connectivity index (χ0) is 17.8. The summed E-state index contributed by atoms with van der Waals surface area (Å²) in [6.45, 7) is 6.05. The Hall–Kier alpha value is -2.11. The van der Waals surface area contributed by atoms with Crippen molar-refractivity contribution in [3.63, 3.8) is 0 Å². The van der Waals surface area contributed by atoms with E-state index in [1.807, 2.05) is 62.5 Å². The van der Waals surface area contributed by atoms with Gasteiger partial charge in [-0.15, -0.1) is 11.3 Å². The lowest BCUT2D eigenvalue weighted by Crippen LogP contribution is -2.14. The number of anilines is 1. The highest BCUT2D eigenvalue weighted by atomic mass is 32.2. The largest absolute Gasteiger partial charge is 0.322 e. The molecule has 2 aromatic carbocycles. The number of amides is 1. The Bertz CT molecular complexity index is 902. The summed E-state index contributed by atoms with van der Waals surface area (Å²) in [6.07, 6.45) is 0. The first-order chi connectivity index (χ1) is 12.0. The Morgan fingerprint density at radius 2 is 1.96 bits per heavy atom. The van der Waals surface area contributed by atoms with Crippen molar-refractivity contribution in [3.05, 3.63) is 75.8 Å². The zero-order valence-electron chi connectivity index (χ0n) is 14.5. The van der Waals surface area contributed by atoms with E-state index in [9.17, 15) is 4.79 Å². The Kier molecular flexibility index (Phi) is 5.56. The SMILES string of the molecule is Cc1ccc(NC(=O)c2ccccc2CSc2nc(C)cs2)c(C)c1. The molecule has 0 aliphatic heterocycles. The number of benzene rings is 2. The zero-order valence-corrected chi connectivity index (χ0v) is 16.1. The lowest BCUT2D eigenvalue weighted by molar-refractivity contribution is 0.102. The Morgan fingerprint density at radius 1 is 1.16 bits per heavy atom. The molecule has 0 spiro atoms. The molecule has 1 heterocycles. The van der Waals surface area contributed by atoms with Crippen LogP contribution < -0.4 is 5.32 Å². The maximum Gasteiger partial charge on any atom is 0.255 e. The van der Waals surface area contributed by atoms with E-state index in [0.717, 1.165) is 32.6 Å². The summed E-state index contributed by atoms with van der Waals surface area (Å²) in [7, 11) is 0. The van der Waals surface area contributed by atoms with Crippen molar-refractivity contribution < 1.29 is 4.79 Å². The molecule has 0 atom stereocenters. The predicted molar refractivity (Wildman–Crippen MR) is 107 cm³/mol. The van der Waals surface area contributed by atoms with Gasteiger partial charge >= 0.3 is 0 Å². The highest BCUT2D eigenvalue weighted by molar-refractivity contribution is 8.00. The molecular formula is C20H20N2OS2. The van der Waals surface area contributed by atoms with Crippen LogP contribution in [0.5, 0.6) is 0 Å². The number of rotatable bonds is 5. The maximum absolute atomic E-state index is 12.8. The van der Waals surface area contributed by atoms with Gasteiger partial charge < -0.3 is 5.32 Å². The number of hydrogen-bond donors (Lipinski definition) is 1. The summed E-state index contributed by atoms with van der Waals surface area (Å²) in [5.74, 6) is 0.655. The summed E-state index contributed by atoms with van der Waals surface area (Å²) < 4.78 is 1.03. The van der Waals surface area contributed by atoms with Gasteiger partial charge in [0.05, 0.1) is 0 Å². The average Bonchev–Trinajstić information content (AvgIpc) is 3.01. The van der Waals surface area contributed by atoms with Crippen molar-refractivity contribution in [2.75, 3.05) is 5.32 Å². The van der Waals surface area contributed by atoms with Gasteiger partial charge in [0.15, 0.2) is 0 Å². The van der Waals surface area contributed by atoms with E-state index in [1.54, 1.807) is 23.1 Å². The van der Waals surface area contributed by atoms with E-state index in [-0.39, 0.29) is 5.91 Å². The molecule has 1 aromatic heterocycles. The van der Waals surface area contributed by atoms with Crippen LogP contribution in [0.3, 0.4) is 0 Å². The third kappa shape index (κ3) is 4.50. The minimum atomic E-state index is -0.0709. The second-order valence-electron chi connectivity index (χ2n) is 5.97. The van der Waals surface area contributed by atoms with E-state index in [0.29, 0.717) is 5.56 Å². The van der Waals surface area contributed by atoms with Crippen LogP contribution in [0.1, 0.15) is 32.7 Å². The Balaban J connectivity index is 1.76. The molecule has 0 saturated heterocycles. The molecule has 1 amide bonds. The predicted octanol–water partition coefficient (Wildman–Crippen LogP) is 5.61. The van der Waals surface area contributed by atoms with Crippen LogP contribution in [0.2, 0.25) is 0 Å². The maximum atomic E-state index is 12.8. The number of carbonyl (C=O) groups is 1. The van der Waals surface area contributed by atoms with Gasteiger partial charge in [0.25, 0.3) is 5.91 Å². The normalized spacial score (nSPS) is 10.7. The third-order valence-corrected chi connectivity index (χ3v) is 6.03. The molecule has 3 nitrogen and oxygen atoms in total. The minimum Gasteiger partial charge on any atom is -0.322 e. The lowest BCUT2D eigenvalue weighted by Gasteiger charge is -2.12. The lowest BCUT2D eigenvalue weighted by atomic mass is 10.1. The second kappa shape index (κ2) is 7.85. The van der Waals surface area contributed by atoms with Gasteiger partial charge in [-0.05, 0) is 44.0 Å². The second-order valence-corrected chi connectivity index (χ2v) is 8.05. The summed E-state index contributed by atoms with van der Waals surface area (Å²) in [5.41, 5.74) is 5.87. The topological polar surface area (TPSA) is 42.0 Å². The molecular weight excluding hydrogens is 348 g/mol. The quantitative estimate of drug-likeness (QED) is 0.595. The molecule has 0 aliphatic carbocycles. The first kappa shape index (κ1) is 17.7. The van der Waals surface area contributed by atoms with Crippen LogP contribution in [0.15, 0.2) is 52.2 Å². The van der Waals surface area contributed by atoms with Crippen LogP contribution in [0, 0.1) is 20.8 Å². The number of thiazole rings is 1. The fourth-order valence-electron chi connectivity index (χ4n) is 2.55. The number of aromatic nitrogens is 1. The minimum absolute atomic E-state index is 0.0709. The van der Waals surface area contributed by atoms with Crippen molar-refractivity contribution in [1.29, 1.82) is 0 Å². The molecule has 5 heteroatoms. The van der Waals surface area contributed by atoms with Crippen molar-refractivity contribution >= 4 is 34.7 Å². The Labute approximate surface area is 156 Å². The number of nitrogens with zero attached hydrogens (tertiary/aromatic N) is 1. The smallest absolute Gasteiger partial charge is 0.255 e. The summed E-state index contributed by atoms with van der Waals surface area (Å²) in [5, 5.41) is 5.08. The van der Waals surface area contributed by atoms with E-state index in [1.165, 1.54) is 5.56 Å². The average molecular weight is 369 g/mol. The number of carbonyl (C=O) groups excluding carboxylic acids is 1. The van der Waals surface area contributed by atoms with Gasteiger partial charge in [0.1, 0.15) is 4.34 Å². The molecule has 25 heavy (non-hydrogen) atoms. The van der Waals surface area contributed by atoms with E-state index >= 15 is 0 Å². The first-order valence-electron chi connectivity index (χ1n) is 8.04. The van der Waals surface area contributed by atoms with Crippen LogP contribution in [-0.2, 0) is 5.75 Å². The van der Waals surface area contributed by atoms with Crippen LogP contribution in [0.25, 0.3) is 0 Å². The number of aryl methyl sites for hydroxylation is 3. The standard InChI is InChI=1S/C20H20N2OS2/c1-13-8-9-18(14(2)10-13)22-19(23)17-7-5-4-6-16(17)12-25-20-21-15(3)11-24-20/h4-11H,12H2,1-3H3,(H,22,23). The van der Waals surface area contributed by atoms with Crippen molar-refractivity contribution in [3.8, 4) is 0 Å². The fourth-order valence-corrected chi connectivity index (χ4v) is 4.40. The van der Waals surface area contributed by atoms with Gasteiger partial charge in [-0.2, -0.15) is 0 Å². The van der Waals surface area contributed by atoms with Crippen molar-refractivity contribution in [2.45, 2.75) is 30.9 Å². The molecule has 3 rings (SSSR count). The van der Waals surface area contributed by atoms with Gasteiger partial charge in [-0.1, -0.05) is 47.7 Å². The first-order valence-corrected chi connectivity index (χ1v) is 9.91. The summed E-state index contributed by atoms with van der Waals surface area (Å²) in [6, 6.07) is 13.8. The highest BCUT2D eigenvalue weighted by Gasteiger charge is 2.13. The van der Waals surface area contributed by atoms with Gasteiger partial charge in [-0.25, -0.2) is 4.98 Å². The number of hydrogen-bond acceptors (Lipinski definition) is 4.